The molecule has 5 heteroatoms. The number of ketones is 1. The predicted molar refractivity (Wildman–Crippen MR) is 65.8 cm³/mol. The van der Waals surface area contributed by atoms with Gasteiger partial charge in [-0.3, -0.25) is 4.79 Å². The number of carbonyl (C=O) groups is 1. The molecule has 0 N–H and O–H groups in total. The van der Waals surface area contributed by atoms with Crippen LogP contribution >= 0.6 is 11.6 Å². The third-order valence-electron chi connectivity index (χ3n) is 2.61. The quantitative estimate of drug-likeness (QED) is 0.773. The predicted octanol–water partition coefficient (Wildman–Crippen LogP) is 4.18. The molecule has 0 heterocycles. The molecule has 0 aromatic heterocycles. The fourth-order valence-electron chi connectivity index (χ4n) is 1.67. The average Bonchev–Trinajstić information content (AvgIpc) is 2.37. The van der Waals surface area contributed by atoms with Crippen LogP contribution < -0.4 is 0 Å². The van der Waals surface area contributed by atoms with Crippen LogP contribution in [0.3, 0.4) is 0 Å². The van der Waals surface area contributed by atoms with Crippen LogP contribution in [0.15, 0.2) is 36.4 Å². The van der Waals surface area contributed by atoms with Crippen molar-refractivity contribution in [2.45, 2.75) is 6.42 Å². The normalized spacial score (nSPS) is 10.5. The smallest absolute Gasteiger partial charge is 0.170 e. The van der Waals surface area contributed by atoms with Gasteiger partial charge in [0.2, 0.25) is 0 Å². The largest absolute Gasteiger partial charge is 0.294 e. The number of hydrogen-bond acceptors (Lipinski definition) is 1. The number of carbonyl (C=O) groups excluding carboxylic acids is 1. The molecule has 0 amide bonds. The second-order valence-electron chi connectivity index (χ2n) is 3.94. The van der Waals surface area contributed by atoms with Gasteiger partial charge in [0, 0.05) is 11.4 Å². The first-order chi connectivity index (χ1) is 8.99. The molecule has 0 saturated heterocycles. The Hall–Kier alpha value is -1.81. The number of benzene rings is 2. The Morgan fingerprint density at radius 3 is 2.53 bits per heavy atom. The van der Waals surface area contributed by atoms with Crippen molar-refractivity contribution in [1.29, 1.82) is 0 Å². The highest BCUT2D eigenvalue weighted by Crippen LogP contribution is 2.19. The molecule has 19 heavy (non-hydrogen) atoms. The standard InChI is InChI=1S/C14H8ClF3O/c15-9-4-5-11(16)8(6-9)7-13(19)10-2-1-3-12(17)14(10)18/h1-6H,7H2. The minimum atomic E-state index is -1.23. The second kappa shape index (κ2) is 5.45. The SMILES string of the molecule is O=C(Cc1cc(Cl)ccc1F)c1cccc(F)c1F. The van der Waals surface area contributed by atoms with E-state index in [1.165, 1.54) is 18.2 Å². The summed E-state index contributed by atoms with van der Waals surface area (Å²) in [5, 5.41) is 0.268. The Kier molecular flexibility index (Phi) is 3.90. The van der Waals surface area contributed by atoms with Gasteiger partial charge in [0.1, 0.15) is 5.82 Å². The van der Waals surface area contributed by atoms with Gasteiger partial charge < -0.3 is 0 Å². The van der Waals surface area contributed by atoms with E-state index in [0.29, 0.717) is 0 Å². The fourth-order valence-corrected chi connectivity index (χ4v) is 1.86. The maximum Gasteiger partial charge on any atom is 0.170 e. The summed E-state index contributed by atoms with van der Waals surface area (Å²) in [4.78, 5) is 11.8. The molecule has 0 aliphatic heterocycles. The van der Waals surface area contributed by atoms with Crippen LogP contribution in [0.2, 0.25) is 5.02 Å². The van der Waals surface area contributed by atoms with Gasteiger partial charge in [-0.05, 0) is 35.9 Å². The molecule has 0 bridgehead atoms. The Balaban J connectivity index is 2.31. The first-order valence-electron chi connectivity index (χ1n) is 5.40. The zero-order valence-corrected chi connectivity index (χ0v) is 10.3. The van der Waals surface area contributed by atoms with Gasteiger partial charge in [-0.25, -0.2) is 13.2 Å². The Labute approximate surface area is 112 Å². The van der Waals surface area contributed by atoms with Crippen LogP contribution in [-0.2, 0) is 6.42 Å². The van der Waals surface area contributed by atoms with E-state index in [0.717, 1.165) is 18.2 Å². The maximum atomic E-state index is 13.4. The van der Waals surface area contributed by atoms with Gasteiger partial charge in [-0.2, -0.15) is 0 Å². The topological polar surface area (TPSA) is 17.1 Å². The number of halogens is 4. The molecule has 2 aromatic rings. The minimum Gasteiger partial charge on any atom is -0.294 e. The van der Waals surface area contributed by atoms with Crippen molar-refractivity contribution in [3.63, 3.8) is 0 Å². The molecule has 98 valence electrons. The second-order valence-corrected chi connectivity index (χ2v) is 4.37. The third kappa shape index (κ3) is 2.96. The van der Waals surface area contributed by atoms with E-state index in [1.807, 2.05) is 0 Å². The van der Waals surface area contributed by atoms with Crippen LogP contribution in [0.4, 0.5) is 13.2 Å². The van der Waals surface area contributed by atoms with Crippen LogP contribution in [0.25, 0.3) is 0 Å². The third-order valence-corrected chi connectivity index (χ3v) is 2.85. The number of rotatable bonds is 3. The molecule has 0 aliphatic carbocycles. The van der Waals surface area contributed by atoms with Crippen LogP contribution in [0.5, 0.6) is 0 Å². The first-order valence-corrected chi connectivity index (χ1v) is 5.78. The van der Waals surface area contributed by atoms with Gasteiger partial charge >= 0.3 is 0 Å². The zero-order valence-electron chi connectivity index (χ0n) is 9.59. The minimum absolute atomic E-state index is 0.0427. The van der Waals surface area contributed by atoms with Crippen molar-refractivity contribution in [3.8, 4) is 0 Å². The van der Waals surface area contributed by atoms with Gasteiger partial charge in [0.05, 0.1) is 5.56 Å². The van der Waals surface area contributed by atoms with Crippen molar-refractivity contribution < 1.29 is 18.0 Å². The van der Waals surface area contributed by atoms with Crippen molar-refractivity contribution in [3.05, 3.63) is 70.0 Å². The Bertz CT molecular complexity index is 641. The van der Waals surface area contributed by atoms with E-state index in [2.05, 4.69) is 0 Å². The van der Waals surface area contributed by atoms with Crippen molar-refractivity contribution in [2.75, 3.05) is 0 Å². The first kappa shape index (κ1) is 13.6. The van der Waals surface area contributed by atoms with Crippen LogP contribution in [0.1, 0.15) is 15.9 Å². The number of Topliss-reactive ketones (excluding diaryl/α,β-unsaturated/α-hetero) is 1. The molecule has 0 spiro atoms. The molecule has 0 atom stereocenters. The molecular weight excluding hydrogens is 277 g/mol. The summed E-state index contributed by atoms with van der Waals surface area (Å²) in [6.07, 6.45) is -0.382. The molecule has 0 saturated carbocycles. The molecule has 0 aliphatic rings. The number of hydrogen-bond donors (Lipinski definition) is 0. The van der Waals surface area contributed by atoms with E-state index in [-0.39, 0.29) is 17.0 Å². The van der Waals surface area contributed by atoms with Crippen molar-refractivity contribution in [2.24, 2.45) is 0 Å². The summed E-state index contributed by atoms with van der Waals surface area (Å²) in [6.45, 7) is 0. The van der Waals surface area contributed by atoms with Crippen LogP contribution in [0, 0.1) is 17.5 Å². The lowest BCUT2D eigenvalue weighted by atomic mass is 10.0. The van der Waals surface area contributed by atoms with E-state index in [9.17, 15) is 18.0 Å². The van der Waals surface area contributed by atoms with Gasteiger partial charge in [0.15, 0.2) is 17.4 Å². The van der Waals surface area contributed by atoms with Gasteiger partial charge in [0.25, 0.3) is 0 Å². The van der Waals surface area contributed by atoms with Gasteiger partial charge in [-0.1, -0.05) is 17.7 Å². The Morgan fingerprint density at radius 2 is 1.79 bits per heavy atom. The lowest BCUT2D eigenvalue weighted by Gasteiger charge is -2.05. The molecule has 2 rings (SSSR count). The summed E-state index contributed by atoms with van der Waals surface area (Å²) in [5.41, 5.74) is -0.361. The highest BCUT2D eigenvalue weighted by Gasteiger charge is 2.17. The molecular formula is C14H8ClF3O. The Morgan fingerprint density at radius 1 is 1.05 bits per heavy atom. The monoisotopic (exact) mass is 284 g/mol. The highest BCUT2D eigenvalue weighted by atomic mass is 35.5. The fraction of sp³-hybridized carbons (Fsp3) is 0.0714. The summed E-state index contributed by atoms with van der Waals surface area (Å²) < 4.78 is 39.9. The zero-order chi connectivity index (χ0) is 14.0. The van der Waals surface area contributed by atoms with E-state index >= 15 is 0 Å². The molecule has 0 fully saturated rings. The summed E-state index contributed by atoms with van der Waals surface area (Å²) in [5.74, 6) is -3.67. The summed E-state index contributed by atoms with van der Waals surface area (Å²) in [7, 11) is 0. The van der Waals surface area contributed by atoms with Crippen molar-refractivity contribution >= 4 is 17.4 Å². The summed E-state index contributed by atoms with van der Waals surface area (Å²) >= 11 is 5.69. The highest BCUT2D eigenvalue weighted by molar-refractivity contribution is 6.30. The van der Waals surface area contributed by atoms with E-state index < -0.39 is 28.8 Å². The lowest BCUT2D eigenvalue weighted by Crippen LogP contribution is -2.08. The lowest BCUT2D eigenvalue weighted by molar-refractivity contribution is 0.0987. The van der Waals surface area contributed by atoms with Gasteiger partial charge in [-0.15, -0.1) is 0 Å². The average molecular weight is 285 g/mol. The molecule has 1 nitrogen and oxygen atoms in total. The van der Waals surface area contributed by atoms with Crippen LogP contribution in [-0.4, -0.2) is 5.78 Å². The van der Waals surface area contributed by atoms with E-state index in [4.69, 9.17) is 11.6 Å². The summed E-state index contributed by atoms with van der Waals surface area (Å²) in [6, 6.07) is 7.03. The van der Waals surface area contributed by atoms with Crippen molar-refractivity contribution in [1.82, 2.24) is 0 Å². The molecule has 0 radical (unpaired) electrons. The van der Waals surface area contributed by atoms with E-state index in [1.54, 1.807) is 0 Å². The molecule has 2 aromatic carbocycles. The molecule has 0 unspecified atom stereocenters. The maximum absolute atomic E-state index is 13.4.